The maximum atomic E-state index is 4.47. The van der Waals surface area contributed by atoms with Gasteiger partial charge in [-0.25, -0.2) is 4.98 Å². The van der Waals surface area contributed by atoms with E-state index in [9.17, 15) is 0 Å². The van der Waals surface area contributed by atoms with Crippen molar-refractivity contribution < 1.29 is 0 Å². The average Bonchev–Trinajstić information content (AvgIpc) is 2.49. The van der Waals surface area contributed by atoms with E-state index >= 15 is 0 Å². The molecule has 0 bridgehead atoms. The molecule has 1 aliphatic heterocycles. The van der Waals surface area contributed by atoms with E-state index in [1.807, 2.05) is 11.6 Å². The summed E-state index contributed by atoms with van der Waals surface area (Å²) in [6.45, 7) is 0.966. The number of thiazole rings is 1. The Bertz CT molecular complexity index is 279. The molecule has 1 N–H and O–H groups in total. The lowest BCUT2D eigenvalue weighted by Gasteiger charge is -2.03. The number of amidine groups is 1. The zero-order valence-corrected chi connectivity index (χ0v) is 8.31. The van der Waals surface area contributed by atoms with Crippen molar-refractivity contribution >= 4 is 22.3 Å². The molecular formula is C9H13N3S. The van der Waals surface area contributed by atoms with Gasteiger partial charge in [0.25, 0.3) is 0 Å². The Kier molecular flexibility index (Phi) is 2.92. The molecule has 2 heterocycles. The van der Waals surface area contributed by atoms with E-state index in [1.54, 1.807) is 11.3 Å². The quantitative estimate of drug-likeness (QED) is 0.747. The summed E-state index contributed by atoms with van der Waals surface area (Å²) in [5, 5.41) is 6.19. The molecule has 0 saturated carbocycles. The van der Waals surface area contributed by atoms with Crippen molar-refractivity contribution in [3.05, 3.63) is 11.6 Å². The average molecular weight is 195 g/mol. The first-order valence-electron chi connectivity index (χ1n) is 4.65. The zero-order valence-electron chi connectivity index (χ0n) is 7.49. The van der Waals surface area contributed by atoms with Gasteiger partial charge >= 0.3 is 0 Å². The summed E-state index contributed by atoms with van der Waals surface area (Å²) in [6.07, 6.45) is 6.65. The third kappa shape index (κ3) is 2.52. The van der Waals surface area contributed by atoms with Crippen molar-refractivity contribution in [1.29, 1.82) is 0 Å². The number of rotatable bonds is 1. The number of hydrogen-bond donors (Lipinski definition) is 1. The molecule has 0 saturated heterocycles. The second-order valence-electron chi connectivity index (χ2n) is 3.10. The molecule has 0 aliphatic carbocycles. The monoisotopic (exact) mass is 195 g/mol. The topological polar surface area (TPSA) is 37.3 Å². The molecule has 0 aromatic carbocycles. The summed E-state index contributed by atoms with van der Waals surface area (Å²) in [6, 6.07) is 0. The van der Waals surface area contributed by atoms with Crippen molar-refractivity contribution in [1.82, 2.24) is 4.98 Å². The molecular weight excluding hydrogens is 182 g/mol. The highest BCUT2D eigenvalue weighted by Gasteiger charge is 2.04. The van der Waals surface area contributed by atoms with Gasteiger partial charge in [0.15, 0.2) is 5.13 Å². The molecule has 1 aromatic heterocycles. The smallest absolute Gasteiger partial charge is 0.187 e. The third-order valence-electron chi connectivity index (χ3n) is 2.06. The van der Waals surface area contributed by atoms with Crippen molar-refractivity contribution in [2.75, 3.05) is 11.9 Å². The molecule has 1 aliphatic rings. The van der Waals surface area contributed by atoms with Gasteiger partial charge in [-0.3, -0.25) is 4.99 Å². The Morgan fingerprint density at radius 2 is 2.31 bits per heavy atom. The second kappa shape index (κ2) is 4.37. The van der Waals surface area contributed by atoms with Crippen LogP contribution in [0.4, 0.5) is 5.13 Å². The number of nitrogens with zero attached hydrogens (tertiary/aromatic N) is 2. The largest absolute Gasteiger partial charge is 0.320 e. The standard InChI is InChI=1S/C9H13N3S/c1-2-4-8(10-5-3-1)12-9-11-6-7-13-9/h6-7H,1-5H2,(H,10,11,12). The van der Waals surface area contributed by atoms with Crippen LogP contribution in [0.1, 0.15) is 25.7 Å². The van der Waals surface area contributed by atoms with Gasteiger partial charge in [0.05, 0.1) is 0 Å². The maximum Gasteiger partial charge on any atom is 0.187 e. The van der Waals surface area contributed by atoms with Gasteiger partial charge in [-0.1, -0.05) is 6.42 Å². The molecule has 0 atom stereocenters. The van der Waals surface area contributed by atoms with Gasteiger partial charge in [-0.05, 0) is 12.8 Å². The van der Waals surface area contributed by atoms with Gasteiger partial charge < -0.3 is 5.32 Å². The van der Waals surface area contributed by atoms with Crippen molar-refractivity contribution in [2.45, 2.75) is 25.7 Å². The third-order valence-corrected chi connectivity index (χ3v) is 2.75. The zero-order chi connectivity index (χ0) is 8.93. The molecule has 0 fully saturated rings. The van der Waals surface area contributed by atoms with Crippen LogP contribution in [0.3, 0.4) is 0 Å². The van der Waals surface area contributed by atoms with E-state index in [0.29, 0.717) is 0 Å². The fourth-order valence-electron chi connectivity index (χ4n) is 1.38. The summed E-state index contributed by atoms with van der Waals surface area (Å²) in [7, 11) is 0. The van der Waals surface area contributed by atoms with Crippen LogP contribution in [-0.4, -0.2) is 17.4 Å². The fourth-order valence-corrected chi connectivity index (χ4v) is 1.93. The molecule has 4 heteroatoms. The number of anilines is 1. The van der Waals surface area contributed by atoms with Gasteiger partial charge in [0.1, 0.15) is 5.84 Å². The van der Waals surface area contributed by atoms with Gasteiger partial charge in [-0.15, -0.1) is 11.3 Å². The van der Waals surface area contributed by atoms with Crippen LogP contribution < -0.4 is 5.32 Å². The summed E-state index contributed by atoms with van der Waals surface area (Å²) in [4.78, 5) is 8.64. The first-order chi connectivity index (χ1) is 6.45. The summed E-state index contributed by atoms with van der Waals surface area (Å²) >= 11 is 1.62. The van der Waals surface area contributed by atoms with E-state index in [1.165, 1.54) is 19.3 Å². The summed E-state index contributed by atoms with van der Waals surface area (Å²) < 4.78 is 0. The van der Waals surface area contributed by atoms with Crippen molar-refractivity contribution in [3.63, 3.8) is 0 Å². The molecule has 1 aromatic rings. The summed E-state index contributed by atoms with van der Waals surface area (Å²) in [5.74, 6) is 1.10. The minimum atomic E-state index is 0.959. The van der Waals surface area contributed by atoms with Gasteiger partial charge in [0.2, 0.25) is 0 Å². The molecule has 0 unspecified atom stereocenters. The van der Waals surface area contributed by atoms with Crippen LogP contribution >= 0.6 is 11.3 Å². The van der Waals surface area contributed by atoms with Crippen LogP contribution in [0.15, 0.2) is 16.6 Å². The van der Waals surface area contributed by atoms with Crippen molar-refractivity contribution in [3.8, 4) is 0 Å². The highest BCUT2D eigenvalue weighted by Crippen LogP contribution is 2.13. The van der Waals surface area contributed by atoms with E-state index in [-0.39, 0.29) is 0 Å². The van der Waals surface area contributed by atoms with Gasteiger partial charge in [0, 0.05) is 24.5 Å². The van der Waals surface area contributed by atoms with Crippen LogP contribution in [-0.2, 0) is 0 Å². The van der Waals surface area contributed by atoms with E-state index < -0.39 is 0 Å². The predicted octanol–water partition coefficient (Wildman–Crippen LogP) is 2.53. The Balaban J connectivity index is 1.96. The van der Waals surface area contributed by atoms with Gasteiger partial charge in [-0.2, -0.15) is 0 Å². The molecule has 2 rings (SSSR count). The summed E-state index contributed by atoms with van der Waals surface area (Å²) in [5.41, 5.74) is 0. The SMILES string of the molecule is c1csc(NC2=NCCCCC2)n1. The fraction of sp³-hybridized carbons (Fsp3) is 0.556. The normalized spacial score (nSPS) is 17.7. The van der Waals surface area contributed by atoms with E-state index in [2.05, 4.69) is 15.3 Å². The predicted molar refractivity (Wildman–Crippen MR) is 56.5 cm³/mol. The molecule has 0 amide bonds. The van der Waals surface area contributed by atoms with Crippen molar-refractivity contribution in [2.24, 2.45) is 4.99 Å². The molecule has 3 nitrogen and oxygen atoms in total. The number of hydrogen-bond acceptors (Lipinski definition) is 4. The van der Waals surface area contributed by atoms with E-state index in [4.69, 9.17) is 0 Å². The molecule has 0 spiro atoms. The van der Waals surface area contributed by atoms with E-state index in [0.717, 1.165) is 23.9 Å². The highest BCUT2D eigenvalue weighted by atomic mass is 32.1. The Morgan fingerprint density at radius 1 is 1.31 bits per heavy atom. The molecule has 13 heavy (non-hydrogen) atoms. The lowest BCUT2D eigenvalue weighted by molar-refractivity contribution is 0.731. The van der Waals surface area contributed by atoms with Crippen LogP contribution in [0, 0.1) is 0 Å². The van der Waals surface area contributed by atoms with Crippen LogP contribution in [0.25, 0.3) is 0 Å². The van der Waals surface area contributed by atoms with Crippen LogP contribution in [0.2, 0.25) is 0 Å². The minimum Gasteiger partial charge on any atom is -0.320 e. The molecule has 0 radical (unpaired) electrons. The first kappa shape index (κ1) is 8.69. The number of nitrogens with one attached hydrogen (secondary N) is 1. The lowest BCUT2D eigenvalue weighted by Crippen LogP contribution is -2.10. The van der Waals surface area contributed by atoms with Crippen LogP contribution in [0.5, 0.6) is 0 Å². The first-order valence-corrected chi connectivity index (χ1v) is 5.53. The highest BCUT2D eigenvalue weighted by molar-refractivity contribution is 7.13. The molecule has 70 valence electrons. The second-order valence-corrected chi connectivity index (χ2v) is 4.00. The maximum absolute atomic E-state index is 4.47. The number of aliphatic imine (C=N–C) groups is 1. The number of aromatic nitrogens is 1. The Morgan fingerprint density at radius 3 is 3.15 bits per heavy atom. The Labute approximate surface area is 81.9 Å². The lowest BCUT2D eigenvalue weighted by atomic mass is 10.2. The Hall–Kier alpha value is -0.900. The minimum absolute atomic E-state index is 0.959.